The molecule has 0 radical (unpaired) electrons. The number of amides is 1. The van der Waals surface area contributed by atoms with Crippen LogP contribution in [0.5, 0.6) is 5.75 Å². The summed E-state index contributed by atoms with van der Waals surface area (Å²) in [5.74, 6) is -4.79. The van der Waals surface area contributed by atoms with Crippen molar-refractivity contribution in [1.29, 1.82) is 5.41 Å². The zero-order valence-electron chi connectivity index (χ0n) is 21.4. The Kier molecular flexibility index (Phi) is 10.9. The van der Waals surface area contributed by atoms with Gasteiger partial charge in [-0.1, -0.05) is 12.1 Å². The quantitative estimate of drug-likeness (QED) is 0.0963. The standard InChI is InChI=1S/C27H29N3O9/c1-3-38-27(37)21(15-23(33)34)30(13-12-22(31)32)25(35)16(2)14-17-4-6-19(7-5-17)26(36)39-20-10-8-18(9-11-20)24(28)29/h4-11,14,21H,3,12-13,15H2,1-2H3,(H3,28,29)(H,31,32)(H,33,34)/t21-/m0/s1. The molecule has 0 saturated heterocycles. The third-order valence-electron chi connectivity index (χ3n) is 5.37. The molecule has 0 heterocycles. The van der Waals surface area contributed by atoms with Crippen LogP contribution in [-0.2, 0) is 23.9 Å². The summed E-state index contributed by atoms with van der Waals surface area (Å²) in [5, 5.41) is 25.7. The number of aliphatic carboxylic acids is 2. The van der Waals surface area contributed by atoms with Gasteiger partial charge in [0.15, 0.2) is 0 Å². The van der Waals surface area contributed by atoms with Crippen LogP contribution in [0, 0.1) is 5.41 Å². The number of amidine groups is 1. The highest BCUT2D eigenvalue weighted by atomic mass is 16.5. The van der Waals surface area contributed by atoms with Crippen molar-refractivity contribution in [3.8, 4) is 5.75 Å². The van der Waals surface area contributed by atoms with Crippen LogP contribution in [0.3, 0.4) is 0 Å². The van der Waals surface area contributed by atoms with Gasteiger partial charge in [-0.3, -0.25) is 19.8 Å². The largest absolute Gasteiger partial charge is 0.481 e. The van der Waals surface area contributed by atoms with Crippen LogP contribution in [0.15, 0.2) is 54.1 Å². The van der Waals surface area contributed by atoms with E-state index < -0.39 is 55.2 Å². The van der Waals surface area contributed by atoms with E-state index >= 15 is 0 Å². The number of carboxylic acids is 2. The van der Waals surface area contributed by atoms with Crippen LogP contribution in [0.4, 0.5) is 0 Å². The number of hydrogen-bond donors (Lipinski definition) is 4. The van der Waals surface area contributed by atoms with Crippen LogP contribution in [0.25, 0.3) is 6.08 Å². The molecular weight excluding hydrogens is 510 g/mol. The van der Waals surface area contributed by atoms with E-state index in [2.05, 4.69) is 0 Å². The van der Waals surface area contributed by atoms with E-state index in [0.29, 0.717) is 11.1 Å². The first-order valence-corrected chi connectivity index (χ1v) is 11.8. The Morgan fingerprint density at radius 2 is 1.56 bits per heavy atom. The number of carbonyl (C=O) groups excluding carboxylic acids is 3. The molecule has 0 aromatic heterocycles. The van der Waals surface area contributed by atoms with Crippen molar-refractivity contribution in [2.24, 2.45) is 5.73 Å². The second kappa shape index (κ2) is 14.1. The van der Waals surface area contributed by atoms with Crippen molar-refractivity contribution in [2.75, 3.05) is 13.2 Å². The normalized spacial score (nSPS) is 11.7. The minimum absolute atomic E-state index is 0.0523. The summed E-state index contributed by atoms with van der Waals surface area (Å²) in [4.78, 5) is 61.5. The summed E-state index contributed by atoms with van der Waals surface area (Å²) in [6, 6.07) is 10.6. The number of benzene rings is 2. The van der Waals surface area contributed by atoms with Crippen molar-refractivity contribution in [3.05, 3.63) is 70.8 Å². The fourth-order valence-electron chi connectivity index (χ4n) is 3.46. The summed E-state index contributed by atoms with van der Waals surface area (Å²) < 4.78 is 10.2. The van der Waals surface area contributed by atoms with Gasteiger partial charge in [0.2, 0.25) is 5.91 Å². The SMILES string of the molecule is CCOC(=O)[C@H](CC(=O)O)N(CCC(=O)O)C(=O)C(C)=Cc1ccc(C(=O)Oc2ccc(C(=N)N)cc2)cc1. The molecule has 0 fully saturated rings. The topological polar surface area (TPSA) is 197 Å². The Hall–Kier alpha value is -5.00. The lowest BCUT2D eigenvalue weighted by Gasteiger charge is -2.29. The van der Waals surface area contributed by atoms with Gasteiger partial charge in [0.25, 0.3) is 0 Å². The molecule has 1 amide bonds. The average molecular weight is 540 g/mol. The Balaban J connectivity index is 2.22. The molecule has 1 atom stereocenters. The minimum Gasteiger partial charge on any atom is -0.481 e. The number of esters is 2. The van der Waals surface area contributed by atoms with Gasteiger partial charge in [-0.2, -0.15) is 0 Å². The molecule has 5 N–H and O–H groups in total. The van der Waals surface area contributed by atoms with Crippen LogP contribution in [-0.4, -0.2) is 69.9 Å². The zero-order chi connectivity index (χ0) is 29.1. The van der Waals surface area contributed by atoms with Crippen LogP contribution in [0.2, 0.25) is 0 Å². The number of nitrogens with one attached hydrogen (secondary N) is 1. The van der Waals surface area contributed by atoms with Gasteiger partial charge in [0, 0.05) is 17.7 Å². The maximum Gasteiger partial charge on any atom is 0.343 e. The second-order valence-corrected chi connectivity index (χ2v) is 8.28. The number of carbonyl (C=O) groups is 5. The molecule has 0 aliphatic rings. The Bertz CT molecular complexity index is 1270. The van der Waals surface area contributed by atoms with Crippen molar-refractivity contribution in [3.63, 3.8) is 0 Å². The number of ether oxygens (including phenoxy) is 2. The van der Waals surface area contributed by atoms with Crippen molar-refractivity contribution < 1.29 is 43.7 Å². The minimum atomic E-state index is -1.51. The zero-order valence-corrected chi connectivity index (χ0v) is 21.4. The second-order valence-electron chi connectivity index (χ2n) is 8.28. The monoisotopic (exact) mass is 539 g/mol. The molecule has 39 heavy (non-hydrogen) atoms. The molecule has 0 unspecified atom stereocenters. The summed E-state index contributed by atoms with van der Waals surface area (Å²) >= 11 is 0. The van der Waals surface area contributed by atoms with Gasteiger partial charge in [-0.15, -0.1) is 0 Å². The number of rotatable bonds is 13. The molecule has 0 saturated carbocycles. The summed E-state index contributed by atoms with van der Waals surface area (Å²) in [5.41, 5.74) is 6.71. The lowest BCUT2D eigenvalue weighted by Crippen LogP contribution is -2.48. The molecule has 0 aliphatic carbocycles. The van der Waals surface area contributed by atoms with Crippen molar-refractivity contribution in [1.82, 2.24) is 4.90 Å². The van der Waals surface area contributed by atoms with Crippen molar-refractivity contribution >= 4 is 41.7 Å². The highest BCUT2D eigenvalue weighted by Crippen LogP contribution is 2.18. The number of hydrogen-bond acceptors (Lipinski definition) is 8. The highest BCUT2D eigenvalue weighted by Gasteiger charge is 2.33. The number of nitrogen functional groups attached to an aromatic ring is 1. The molecule has 2 aromatic carbocycles. The van der Waals surface area contributed by atoms with E-state index in [0.717, 1.165) is 4.90 Å². The molecule has 0 spiro atoms. The van der Waals surface area contributed by atoms with Gasteiger partial charge in [-0.05, 0) is 61.9 Å². The van der Waals surface area contributed by atoms with Crippen LogP contribution < -0.4 is 10.5 Å². The van der Waals surface area contributed by atoms with E-state index in [1.54, 1.807) is 24.3 Å². The Labute approximate surface area is 224 Å². The first kappa shape index (κ1) is 30.2. The molecule has 12 heteroatoms. The molecule has 0 aliphatic heterocycles. The molecule has 206 valence electrons. The van der Waals surface area contributed by atoms with E-state index in [1.165, 1.54) is 44.2 Å². The summed E-state index contributed by atoms with van der Waals surface area (Å²) in [6.07, 6.45) is 0.184. The first-order valence-electron chi connectivity index (χ1n) is 11.8. The Morgan fingerprint density at radius 3 is 2.08 bits per heavy atom. The number of nitrogens with two attached hydrogens (primary N) is 1. The molecule has 0 bridgehead atoms. The third kappa shape index (κ3) is 9.11. The van der Waals surface area contributed by atoms with Gasteiger partial charge in [0.1, 0.15) is 17.6 Å². The fourth-order valence-corrected chi connectivity index (χ4v) is 3.46. The number of nitrogens with zero attached hydrogens (tertiary/aromatic N) is 1. The maximum atomic E-state index is 13.2. The predicted octanol–water partition coefficient (Wildman–Crippen LogP) is 2.30. The Morgan fingerprint density at radius 1 is 0.974 bits per heavy atom. The molecule has 2 aromatic rings. The van der Waals surface area contributed by atoms with Gasteiger partial charge in [-0.25, -0.2) is 9.59 Å². The van der Waals surface area contributed by atoms with Crippen molar-refractivity contribution in [2.45, 2.75) is 32.7 Å². The van der Waals surface area contributed by atoms with Gasteiger partial charge in [0.05, 0.1) is 25.0 Å². The molecular formula is C27H29N3O9. The lowest BCUT2D eigenvalue weighted by molar-refractivity contribution is -0.158. The van der Waals surface area contributed by atoms with Crippen LogP contribution in [0.1, 0.15) is 48.2 Å². The average Bonchev–Trinajstić information content (AvgIpc) is 2.88. The van der Waals surface area contributed by atoms with Gasteiger partial charge < -0.3 is 30.3 Å². The summed E-state index contributed by atoms with van der Waals surface area (Å²) in [6.45, 7) is 2.50. The smallest absolute Gasteiger partial charge is 0.343 e. The van der Waals surface area contributed by atoms with E-state index in [1.807, 2.05) is 0 Å². The maximum absolute atomic E-state index is 13.2. The summed E-state index contributed by atoms with van der Waals surface area (Å²) in [7, 11) is 0. The number of carboxylic acid groups (broad SMARTS) is 2. The third-order valence-corrected chi connectivity index (χ3v) is 5.37. The highest BCUT2D eigenvalue weighted by molar-refractivity contribution is 6.00. The first-order chi connectivity index (χ1) is 18.4. The van der Waals surface area contributed by atoms with Gasteiger partial charge >= 0.3 is 23.9 Å². The van der Waals surface area contributed by atoms with E-state index in [9.17, 15) is 29.1 Å². The fraction of sp³-hybridized carbons (Fsp3) is 0.259. The predicted molar refractivity (Wildman–Crippen MR) is 139 cm³/mol. The molecule has 2 rings (SSSR count). The van der Waals surface area contributed by atoms with E-state index in [4.69, 9.17) is 25.7 Å². The van der Waals surface area contributed by atoms with E-state index in [-0.39, 0.29) is 29.3 Å². The molecule has 12 nitrogen and oxygen atoms in total. The van der Waals surface area contributed by atoms with Crippen LogP contribution >= 0.6 is 0 Å². The lowest BCUT2D eigenvalue weighted by atomic mass is 10.1.